The molecule has 1 aliphatic rings. The van der Waals surface area contributed by atoms with Crippen molar-refractivity contribution in [2.45, 2.75) is 31.6 Å². The molecule has 0 bridgehead atoms. The Labute approximate surface area is 135 Å². The van der Waals surface area contributed by atoms with Crippen molar-refractivity contribution in [1.29, 1.82) is 0 Å². The molecule has 6 heteroatoms. The highest BCUT2D eigenvalue weighted by molar-refractivity contribution is 5.76. The summed E-state index contributed by atoms with van der Waals surface area (Å²) in [4.78, 5) is 14.0. The first-order chi connectivity index (χ1) is 11.0. The number of hydrogen-bond donors (Lipinski definition) is 1. The van der Waals surface area contributed by atoms with Crippen molar-refractivity contribution in [3.8, 4) is 5.75 Å². The SMILES string of the molecule is C[C@]1(O)CN(C(=O)Cn2cccn2)CC[C@@H]1Oc1ccccc1. The second-order valence-electron chi connectivity index (χ2n) is 6.08. The third-order valence-corrected chi connectivity index (χ3v) is 4.10. The molecule has 1 fully saturated rings. The molecule has 2 aromatic rings. The lowest BCUT2D eigenvalue weighted by Crippen LogP contribution is -2.58. The molecule has 0 spiro atoms. The highest BCUT2D eigenvalue weighted by atomic mass is 16.5. The van der Waals surface area contributed by atoms with E-state index in [1.54, 1.807) is 35.0 Å². The molecule has 23 heavy (non-hydrogen) atoms. The van der Waals surface area contributed by atoms with Crippen molar-refractivity contribution in [3.05, 3.63) is 48.8 Å². The van der Waals surface area contributed by atoms with E-state index in [9.17, 15) is 9.90 Å². The highest BCUT2D eigenvalue weighted by Gasteiger charge is 2.41. The summed E-state index contributed by atoms with van der Waals surface area (Å²) < 4.78 is 7.49. The van der Waals surface area contributed by atoms with Gasteiger partial charge in [0.15, 0.2) is 0 Å². The van der Waals surface area contributed by atoms with Crippen LogP contribution in [0.25, 0.3) is 0 Å². The molecule has 1 amide bonds. The lowest BCUT2D eigenvalue weighted by Gasteiger charge is -2.42. The summed E-state index contributed by atoms with van der Waals surface area (Å²) in [6, 6.07) is 11.2. The number of piperidine rings is 1. The fourth-order valence-corrected chi connectivity index (χ4v) is 2.85. The van der Waals surface area contributed by atoms with E-state index in [4.69, 9.17) is 4.74 Å². The summed E-state index contributed by atoms with van der Waals surface area (Å²) in [5.74, 6) is 0.682. The summed E-state index contributed by atoms with van der Waals surface area (Å²) in [5.41, 5.74) is -1.09. The van der Waals surface area contributed by atoms with Crippen LogP contribution >= 0.6 is 0 Å². The molecule has 122 valence electrons. The number of β-amino-alcohol motifs (C(OH)–C–C–N with tert-alkyl or cyclic N) is 1. The van der Waals surface area contributed by atoms with Crippen LogP contribution in [0, 0.1) is 0 Å². The summed E-state index contributed by atoms with van der Waals surface area (Å²) in [5, 5.41) is 14.7. The number of rotatable bonds is 4. The van der Waals surface area contributed by atoms with Gasteiger partial charge in [0.1, 0.15) is 24.0 Å². The van der Waals surface area contributed by atoms with Gasteiger partial charge in [0.2, 0.25) is 5.91 Å². The lowest BCUT2D eigenvalue weighted by molar-refractivity contribution is -0.146. The number of nitrogens with zero attached hydrogens (tertiary/aromatic N) is 3. The molecule has 0 aliphatic carbocycles. The van der Waals surface area contributed by atoms with E-state index in [0.717, 1.165) is 5.75 Å². The zero-order valence-corrected chi connectivity index (χ0v) is 13.1. The third kappa shape index (κ3) is 3.71. The first-order valence-corrected chi connectivity index (χ1v) is 7.74. The highest BCUT2D eigenvalue weighted by Crippen LogP contribution is 2.26. The van der Waals surface area contributed by atoms with Crippen LogP contribution in [0.2, 0.25) is 0 Å². The second-order valence-corrected chi connectivity index (χ2v) is 6.08. The molecular formula is C17H21N3O3. The van der Waals surface area contributed by atoms with Crippen molar-refractivity contribution in [3.63, 3.8) is 0 Å². The topological polar surface area (TPSA) is 67.6 Å². The van der Waals surface area contributed by atoms with Gasteiger partial charge in [0.25, 0.3) is 0 Å². The van der Waals surface area contributed by atoms with Crippen LogP contribution < -0.4 is 4.74 Å². The van der Waals surface area contributed by atoms with Crippen LogP contribution in [-0.4, -0.2) is 50.5 Å². The molecule has 1 aromatic heterocycles. The van der Waals surface area contributed by atoms with Crippen LogP contribution in [0.1, 0.15) is 13.3 Å². The molecule has 3 rings (SSSR count). The molecular weight excluding hydrogens is 294 g/mol. The summed E-state index contributed by atoms with van der Waals surface area (Å²) >= 11 is 0. The summed E-state index contributed by atoms with van der Waals surface area (Å²) in [6.07, 6.45) is 3.65. The van der Waals surface area contributed by atoms with E-state index in [2.05, 4.69) is 5.10 Å². The van der Waals surface area contributed by atoms with Gasteiger partial charge in [-0.15, -0.1) is 0 Å². The maximum Gasteiger partial charge on any atom is 0.244 e. The van der Waals surface area contributed by atoms with Crippen molar-refractivity contribution in [1.82, 2.24) is 14.7 Å². The zero-order valence-electron chi connectivity index (χ0n) is 13.1. The van der Waals surface area contributed by atoms with E-state index < -0.39 is 5.60 Å². The Hall–Kier alpha value is -2.34. The largest absolute Gasteiger partial charge is 0.487 e. The Morgan fingerprint density at radius 1 is 1.39 bits per heavy atom. The van der Waals surface area contributed by atoms with Gasteiger partial charge in [-0.3, -0.25) is 9.48 Å². The van der Waals surface area contributed by atoms with Crippen LogP contribution in [0.4, 0.5) is 0 Å². The number of benzene rings is 1. The van der Waals surface area contributed by atoms with Crippen molar-refractivity contribution in [2.24, 2.45) is 0 Å². The van der Waals surface area contributed by atoms with Crippen LogP contribution in [-0.2, 0) is 11.3 Å². The Morgan fingerprint density at radius 3 is 2.83 bits per heavy atom. The Bertz CT molecular complexity index is 640. The van der Waals surface area contributed by atoms with Gasteiger partial charge in [-0.05, 0) is 25.1 Å². The van der Waals surface area contributed by atoms with Crippen LogP contribution in [0.15, 0.2) is 48.8 Å². The molecule has 2 atom stereocenters. The van der Waals surface area contributed by atoms with Gasteiger partial charge < -0.3 is 14.7 Å². The van der Waals surface area contributed by atoms with Crippen molar-refractivity contribution in [2.75, 3.05) is 13.1 Å². The predicted octanol–water partition coefficient (Wildman–Crippen LogP) is 1.31. The van der Waals surface area contributed by atoms with E-state index >= 15 is 0 Å². The maximum atomic E-state index is 12.3. The maximum absolute atomic E-state index is 12.3. The molecule has 1 aliphatic heterocycles. The standard InChI is InChI=1S/C17H21N3O3/c1-17(22)13-19(16(21)12-20-10-5-9-18-20)11-8-15(17)23-14-6-3-2-4-7-14/h2-7,9-10,15,22H,8,11-13H2,1H3/t15-,17-/m0/s1. The summed E-state index contributed by atoms with van der Waals surface area (Å²) in [7, 11) is 0. The van der Waals surface area contributed by atoms with Crippen LogP contribution in [0.3, 0.4) is 0 Å². The van der Waals surface area contributed by atoms with Gasteiger partial charge >= 0.3 is 0 Å². The number of amides is 1. The first-order valence-electron chi connectivity index (χ1n) is 7.74. The minimum atomic E-state index is -1.09. The monoisotopic (exact) mass is 315 g/mol. The average molecular weight is 315 g/mol. The van der Waals surface area contributed by atoms with Crippen LogP contribution in [0.5, 0.6) is 5.75 Å². The fraction of sp³-hybridized carbons (Fsp3) is 0.412. The number of hydrogen-bond acceptors (Lipinski definition) is 4. The van der Waals surface area contributed by atoms with E-state index in [0.29, 0.717) is 13.0 Å². The smallest absolute Gasteiger partial charge is 0.244 e. The van der Waals surface area contributed by atoms with E-state index in [1.165, 1.54) is 0 Å². The third-order valence-electron chi connectivity index (χ3n) is 4.10. The predicted molar refractivity (Wildman–Crippen MR) is 84.9 cm³/mol. The minimum Gasteiger partial charge on any atom is -0.487 e. The normalized spacial score (nSPS) is 24.4. The molecule has 0 unspecified atom stereocenters. The lowest BCUT2D eigenvalue weighted by atomic mass is 9.91. The van der Waals surface area contributed by atoms with Gasteiger partial charge in [0.05, 0.1) is 6.54 Å². The molecule has 0 saturated carbocycles. The Balaban J connectivity index is 1.61. The molecule has 1 N–H and O–H groups in total. The van der Waals surface area contributed by atoms with E-state index in [-0.39, 0.29) is 25.1 Å². The number of aliphatic hydroxyl groups is 1. The van der Waals surface area contributed by atoms with E-state index in [1.807, 2.05) is 30.3 Å². The number of aromatic nitrogens is 2. The number of ether oxygens (including phenoxy) is 1. The average Bonchev–Trinajstić information content (AvgIpc) is 3.03. The number of carbonyl (C=O) groups excluding carboxylic acids is 1. The van der Waals surface area contributed by atoms with Crippen molar-refractivity contribution < 1.29 is 14.6 Å². The van der Waals surface area contributed by atoms with Gasteiger partial charge in [0, 0.05) is 25.4 Å². The fourth-order valence-electron chi connectivity index (χ4n) is 2.85. The van der Waals surface area contributed by atoms with Crippen molar-refractivity contribution >= 4 is 5.91 Å². The zero-order chi connectivity index (χ0) is 16.3. The second kappa shape index (κ2) is 6.42. The van der Waals surface area contributed by atoms with Gasteiger partial charge in [-0.1, -0.05) is 18.2 Å². The van der Waals surface area contributed by atoms with Gasteiger partial charge in [-0.2, -0.15) is 5.10 Å². The quantitative estimate of drug-likeness (QED) is 0.924. The first kappa shape index (κ1) is 15.6. The minimum absolute atomic E-state index is 0.0489. The Kier molecular flexibility index (Phi) is 4.34. The molecule has 6 nitrogen and oxygen atoms in total. The number of carbonyl (C=O) groups is 1. The van der Waals surface area contributed by atoms with Gasteiger partial charge in [-0.25, -0.2) is 0 Å². The molecule has 1 saturated heterocycles. The molecule has 1 aromatic carbocycles. The number of para-hydroxylation sites is 1. The Morgan fingerprint density at radius 2 is 2.17 bits per heavy atom. The molecule has 2 heterocycles. The number of likely N-dealkylation sites (tertiary alicyclic amines) is 1. The molecule has 0 radical (unpaired) electrons. The summed E-state index contributed by atoms with van der Waals surface area (Å²) in [6.45, 7) is 2.72.